The zero-order chi connectivity index (χ0) is 20.0. The summed E-state index contributed by atoms with van der Waals surface area (Å²) in [4.78, 5) is 37.0. The number of hydrogen-bond donors (Lipinski definition) is 0. The van der Waals surface area contributed by atoms with Gasteiger partial charge in [-0.15, -0.1) is 0 Å². The molecule has 0 saturated carbocycles. The van der Waals surface area contributed by atoms with Gasteiger partial charge in [-0.3, -0.25) is 14.4 Å². The predicted octanol–water partition coefficient (Wildman–Crippen LogP) is 4.49. The Morgan fingerprint density at radius 3 is 2.37 bits per heavy atom. The van der Waals surface area contributed by atoms with Crippen LogP contribution in [0.2, 0.25) is 0 Å². The molecule has 2 amide bonds. The van der Waals surface area contributed by atoms with Crippen LogP contribution in [0.3, 0.4) is 0 Å². The first-order valence-corrected chi connectivity index (χ1v) is 8.93. The molecule has 27 heavy (non-hydrogen) atoms. The monoisotopic (exact) mass is 367 g/mol. The molecule has 1 saturated heterocycles. The van der Waals surface area contributed by atoms with Crippen molar-refractivity contribution in [1.82, 2.24) is 0 Å². The van der Waals surface area contributed by atoms with Gasteiger partial charge in [-0.25, -0.2) is 4.90 Å². The highest BCUT2D eigenvalue weighted by Gasteiger charge is 2.34. The van der Waals surface area contributed by atoms with E-state index in [4.69, 9.17) is 4.74 Å². The van der Waals surface area contributed by atoms with Gasteiger partial charge in [0.15, 0.2) is 0 Å². The van der Waals surface area contributed by atoms with E-state index in [-0.39, 0.29) is 18.2 Å². The average molecular weight is 367 g/mol. The molecule has 0 radical (unpaired) electrons. The standard InChI is InChI=1S/C22H25NO4/c1-15(2)6-5-7-16(3)8-9-18-14-21(25)23(22(18)26)19-10-12-20(13-11-19)27-17(4)24/h6,8-13H,5,7,14H2,1-4H3. The predicted molar refractivity (Wildman–Crippen MR) is 105 cm³/mol. The van der Waals surface area contributed by atoms with Crippen LogP contribution in [-0.4, -0.2) is 17.8 Å². The smallest absolute Gasteiger partial charge is 0.308 e. The summed E-state index contributed by atoms with van der Waals surface area (Å²) < 4.78 is 4.97. The fraction of sp³-hybridized carbons (Fsp3) is 0.318. The van der Waals surface area contributed by atoms with Gasteiger partial charge in [-0.05, 0) is 57.9 Å². The van der Waals surface area contributed by atoms with E-state index in [1.165, 1.54) is 12.5 Å². The minimum absolute atomic E-state index is 0.0856. The van der Waals surface area contributed by atoms with Gasteiger partial charge in [0.2, 0.25) is 5.91 Å². The van der Waals surface area contributed by atoms with Crippen LogP contribution in [0.5, 0.6) is 5.75 Å². The van der Waals surface area contributed by atoms with E-state index in [9.17, 15) is 14.4 Å². The maximum atomic E-state index is 12.6. The number of imide groups is 1. The fourth-order valence-electron chi connectivity index (χ4n) is 2.71. The van der Waals surface area contributed by atoms with E-state index < -0.39 is 5.97 Å². The molecule has 0 spiro atoms. The lowest BCUT2D eigenvalue weighted by atomic mass is 10.1. The summed E-state index contributed by atoms with van der Waals surface area (Å²) in [6, 6.07) is 6.31. The van der Waals surface area contributed by atoms with Crippen molar-refractivity contribution in [2.75, 3.05) is 4.90 Å². The van der Waals surface area contributed by atoms with Crippen LogP contribution in [0.25, 0.3) is 0 Å². The number of anilines is 1. The molecule has 1 aromatic carbocycles. The van der Waals surface area contributed by atoms with Gasteiger partial charge in [-0.2, -0.15) is 0 Å². The summed E-state index contributed by atoms with van der Waals surface area (Å²) in [6.07, 6.45) is 7.79. The molecule has 142 valence electrons. The molecule has 0 N–H and O–H groups in total. The third kappa shape index (κ3) is 5.78. The van der Waals surface area contributed by atoms with Gasteiger partial charge in [0.05, 0.1) is 12.1 Å². The van der Waals surface area contributed by atoms with Crippen molar-refractivity contribution in [1.29, 1.82) is 0 Å². The van der Waals surface area contributed by atoms with Crippen molar-refractivity contribution < 1.29 is 19.1 Å². The number of carbonyl (C=O) groups is 3. The molecule has 5 nitrogen and oxygen atoms in total. The Morgan fingerprint density at radius 2 is 1.78 bits per heavy atom. The lowest BCUT2D eigenvalue weighted by molar-refractivity contribution is -0.132. The highest BCUT2D eigenvalue weighted by Crippen LogP contribution is 2.28. The average Bonchev–Trinajstić information content (AvgIpc) is 2.87. The molecule has 0 aliphatic carbocycles. The van der Waals surface area contributed by atoms with Crippen molar-refractivity contribution in [2.45, 2.75) is 47.0 Å². The van der Waals surface area contributed by atoms with Crippen LogP contribution in [0.15, 0.2) is 59.2 Å². The highest BCUT2D eigenvalue weighted by atomic mass is 16.5. The van der Waals surface area contributed by atoms with E-state index in [0.29, 0.717) is 17.0 Å². The number of nitrogens with zero attached hydrogens (tertiary/aromatic N) is 1. The first kappa shape index (κ1) is 20.4. The third-order valence-electron chi connectivity index (χ3n) is 4.09. The van der Waals surface area contributed by atoms with E-state index in [2.05, 4.69) is 19.9 Å². The maximum Gasteiger partial charge on any atom is 0.308 e. The molecule has 0 bridgehead atoms. The van der Waals surface area contributed by atoms with Crippen LogP contribution in [0, 0.1) is 0 Å². The fourth-order valence-corrected chi connectivity index (χ4v) is 2.71. The number of esters is 1. The number of carbonyl (C=O) groups excluding carboxylic acids is 3. The maximum absolute atomic E-state index is 12.6. The molecule has 1 aliphatic rings. The molecule has 2 rings (SSSR count). The van der Waals surface area contributed by atoms with Gasteiger partial charge >= 0.3 is 5.97 Å². The normalized spacial score (nSPS) is 16.1. The second-order valence-electron chi connectivity index (χ2n) is 6.82. The zero-order valence-electron chi connectivity index (χ0n) is 16.2. The van der Waals surface area contributed by atoms with Crippen molar-refractivity contribution in [3.8, 4) is 5.75 Å². The van der Waals surface area contributed by atoms with Crippen molar-refractivity contribution >= 4 is 23.5 Å². The van der Waals surface area contributed by atoms with E-state index in [1.54, 1.807) is 30.3 Å². The Bertz CT molecular complexity index is 824. The van der Waals surface area contributed by atoms with E-state index in [0.717, 1.165) is 23.3 Å². The van der Waals surface area contributed by atoms with Crippen LogP contribution in [-0.2, 0) is 14.4 Å². The van der Waals surface area contributed by atoms with Gasteiger partial charge in [0, 0.05) is 12.5 Å². The third-order valence-corrected chi connectivity index (χ3v) is 4.09. The number of rotatable bonds is 6. The summed E-state index contributed by atoms with van der Waals surface area (Å²) >= 11 is 0. The second-order valence-corrected chi connectivity index (χ2v) is 6.82. The number of ether oxygens (including phenoxy) is 1. The first-order chi connectivity index (χ1) is 12.8. The summed E-state index contributed by atoms with van der Waals surface area (Å²) in [5.74, 6) is -0.625. The van der Waals surface area contributed by atoms with E-state index in [1.807, 2.05) is 13.0 Å². The first-order valence-electron chi connectivity index (χ1n) is 8.93. The molecular weight excluding hydrogens is 342 g/mol. The lowest BCUT2D eigenvalue weighted by Crippen LogP contribution is -2.28. The number of amides is 2. The zero-order valence-corrected chi connectivity index (χ0v) is 16.2. The SMILES string of the molecule is CC(=O)Oc1ccc(N2C(=O)CC(=CC=C(C)CCC=C(C)C)C2=O)cc1. The van der Waals surface area contributed by atoms with Gasteiger partial charge in [0.25, 0.3) is 5.91 Å². The Balaban J connectivity index is 2.09. The van der Waals surface area contributed by atoms with Crippen LogP contribution < -0.4 is 9.64 Å². The highest BCUT2D eigenvalue weighted by molar-refractivity contribution is 6.28. The molecule has 1 fully saturated rings. The summed E-state index contributed by atoms with van der Waals surface area (Å²) in [5.41, 5.74) is 3.39. The van der Waals surface area contributed by atoms with Gasteiger partial charge in [-0.1, -0.05) is 29.4 Å². The van der Waals surface area contributed by atoms with Crippen LogP contribution in [0.1, 0.15) is 47.0 Å². The van der Waals surface area contributed by atoms with Crippen molar-refractivity contribution in [3.63, 3.8) is 0 Å². The molecule has 1 aromatic rings. The summed E-state index contributed by atoms with van der Waals surface area (Å²) in [5, 5.41) is 0. The van der Waals surface area contributed by atoms with Gasteiger partial charge < -0.3 is 4.74 Å². The van der Waals surface area contributed by atoms with Crippen molar-refractivity contribution in [3.05, 3.63) is 59.2 Å². The second kappa shape index (κ2) is 9.12. The largest absolute Gasteiger partial charge is 0.427 e. The topological polar surface area (TPSA) is 63.7 Å². The number of hydrogen-bond acceptors (Lipinski definition) is 4. The minimum Gasteiger partial charge on any atom is -0.427 e. The molecular formula is C22H25NO4. The Morgan fingerprint density at radius 1 is 1.11 bits per heavy atom. The molecule has 0 unspecified atom stereocenters. The lowest BCUT2D eigenvalue weighted by Gasteiger charge is -2.13. The van der Waals surface area contributed by atoms with Crippen molar-refractivity contribution in [2.24, 2.45) is 0 Å². The minimum atomic E-state index is -0.423. The molecule has 5 heteroatoms. The van der Waals surface area contributed by atoms with Crippen LogP contribution >= 0.6 is 0 Å². The Labute approximate surface area is 160 Å². The summed E-state index contributed by atoms with van der Waals surface area (Å²) in [6.45, 7) is 7.46. The van der Waals surface area contributed by atoms with E-state index >= 15 is 0 Å². The number of benzene rings is 1. The summed E-state index contributed by atoms with van der Waals surface area (Å²) in [7, 11) is 0. The Kier molecular flexibility index (Phi) is 6.88. The Hall–Kier alpha value is -2.95. The molecule has 1 heterocycles. The van der Waals surface area contributed by atoms with Gasteiger partial charge in [0.1, 0.15) is 5.75 Å². The molecule has 0 atom stereocenters. The quantitative estimate of drug-likeness (QED) is 0.244. The van der Waals surface area contributed by atoms with Crippen LogP contribution in [0.4, 0.5) is 5.69 Å². The number of allylic oxidation sites excluding steroid dienone is 5. The molecule has 1 aliphatic heterocycles. The molecule has 0 aromatic heterocycles.